The zero-order valence-corrected chi connectivity index (χ0v) is 26.4. The van der Waals surface area contributed by atoms with E-state index in [2.05, 4.69) is 126 Å². The first-order chi connectivity index (χ1) is 21.9. The van der Waals surface area contributed by atoms with Gasteiger partial charge in [0.15, 0.2) is 6.10 Å². The van der Waals surface area contributed by atoms with Crippen LogP contribution in [0.25, 0.3) is 0 Å². The third-order valence-electron chi connectivity index (χ3n) is 8.46. The van der Waals surface area contributed by atoms with Crippen molar-refractivity contribution in [2.45, 2.75) is 32.9 Å². The van der Waals surface area contributed by atoms with E-state index >= 15 is 0 Å². The highest BCUT2D eigenvalue weighted by atomic mass is 16.5. The molecule has 0 saturated carbocycles. The van der Waals surface area contributed by atoms with Crippen LogP contribution in [0.5, 0.6) is 0 Å². The van der Waals surface area contributed by atoms with Gasteiger partial charge in [0.2, 0.25) is 6.33 Å². The third kappa shape index (κ3) is 6.96. The van der Waals surface area contributed by atoms with Gasteiger partial charge >= 0.3 is 5.97 Å². The third-order valence-corrected chi connectivity index (χ3v) is 8.46. The summed E-state index contributed by atoms with van der Waals surface area (Å²) in [6.07, 6.45) is 0.355. The molecule has 6 heteroatoms. The van der Waals surface area contributed by atoms with E-state index in [9.17, 15) is 4.79 Å². The molecule has 0 aliphatic heterocycles. The predicted molar refractivity (Wildman–Crippen MR) is 184 cm³/mol. The van der Waals surface area contributed by atoms with Crippen molar-refractivity contribution < 1.29 is 14.1 Å². The smallest absolute Gasteiger partial charge is 0.303 e. The molecule has 0 fully saturated rings. The van der Waals surface area contributed by atoms with Crippen LogP contribution in [0.2, 0.25) is 0 Å². The van der Waals surface area contributed by atoms with E-state index in [-0.39, 0.29) is 18.1 Å². The Balaban J connectivity index is 0.000000183. The second-order valence-electron chi connectivity index (χ2n) is 11.4. The molecule has 0 unspecified atom stereocenters. The molecule has 0 aliphatic rings. The summed E-state index contributed by atoms with van der Waals surface area (Å²) >= 11 is 0. The van der Waals surface area contributed by atoms with E-state index in [0.717, 1.165) is 11.4 Å². The molecule has 5 aromatic carbocycles. The van der Waals surface area contributed by atoms with Crippen LogP contribution in [-0.4, -0.2) is 21.9 Å². The number of hydrogen-bond acceptors (Lipinski definition) is 3. The molecule has 0 saturated heterocycles. The number of ether oxygens (including phenoxy) is 1. The van der Waals surface area contributed by atoms with Gasteiger partial charge in [-0.1, -0.05) is 152 Å². The van der Waals surface area contributed by atoms with Crippen molar-refractivity contribution in [2.24, 2.45) is 7.05 Å². The summed E-state index contributed by atoms with van der Waals surface area (Å²) in [5.41, 5.74) is 6.33. The molecule has 0 bridgehead atoms. The van der Waals surface area contributed by atoms with E-state index in [1.807, 2.05) is 62.1 Å². The number of carbonyl (C=O) groups excluding carboxylic acids is 1. The highest BCUT2D eigenvalue weighted by molar-refractivity contribution is 7.19. The Morgan fingerprint density at radius 1 is 0.667 bits per heavy atom. The number of aromatic nitrogens is 3. The van der Waals surface area contributed by atoms with Gasteiger partial charge in [0.1, 0.15) is 12.2 Å². The average molecular weight is 594 g/mol. The lowest BCUT2D eigenvalue weighted by Crippen LogP contribution is -2.74. The van der Waals surface area contributed by atoms with E-state index in [0.29, 0.717) is 0 Å². The fourth-order valence-electron chi connectivity index (χ4n) is 6.50. The number of benzene rings is 5. The summed E-state index contributed by atoms with van der Waals surface area (Å²) < 4.78 is 9.29. The van der Waals surface area contributed by atoms with Crippen LogP contribution < -0.4 is 26.4 Å². The van der Waals surface area contributed by atoms with Crippen molar-refractivity contribution in [1.29, 1.82) is 0 Å². The normalized spacial score (nSPS) is 12.4. The zero-order valence-electron chi connectivity index (χ0n) is 26.4. The summed E-state index contributed by atoms with van der Waals surface area (Å²) in [5.74, 6) is 0.598. The maximum Gasteiger partial charge on any atom is 0.303 e. The second kappa shape index (κ2) is 14.5. The van der Waals surface area contributed by atoms with Crippen LogP contribution in [0, 0.1) is 6.92 Å². The predicted octanol–water partition coefficient (Wildman–Crippen LogP) is 4.95. The first kappa shape index (κ1) is 31.2. The highest BCUT2D eigenvalue weighted by Crippen LogP contribution is 2.26. The van der Waals surface area contributed by atoms with E-state index in [1.54, 1.807) is 4.68 Å². The van der Waals surface area contributed by atoms with Gasteiger partial charge in [0.05, 0.1) is 7.05 Å². The van der Waals surface area contributed by atoms with Crippen LogP contribution in [0.3, 0.4) is 0 Å². The van der Waals surface area contributed by atoms with E-state index in [4.69, 9.17) is 4.74 Å². The minimum atomic E-state index is -1.22. The molecule has 0 spiro atoms. The van der Waals surface area contributed by atoms with Crippen molar-refractivity contribution in [1.82, 2.24) is 9.78 Å². The van der Waals surface area contributed by atoms with Gasteiger partial charge in [-0.15, -0.1) is 4.68 Å². The maximum absolute atomic E-state index is 11.4. The monoisotopic (exact) mass is 593 g/mol. The average Bonchev–Trinajstić information content (AvgIpc) is 3.43. The lowest BCUT2D eigenvalue weighted by Gasteiger charge is -2.44. The largest absolute Gasteiger partial charge is 0.454 e. The molecule has 45 heavy (non-hydrogen) atoms. The maximum atomic E-state index is 11.4. The minimum Gasteiger partial charge on any atom is -0.454 e. The van der Waals surface area contributed by atoms with Crippen molar-refractivity contribution >= 4 is 34.0 Å². The Morgan fingerprint density at radius 3 is 1.33 bits per heavy atom. The lowest BCUT2D eigenvalue weighted by atomic mass is 9.13. The first-order valence-electron chi connectivity index (χ1n) is 15.4. The van der Waals surface area contributed by atoms with Crippen LogP contribution in [0.4, 0.5) is 0 Å². The number of carbonyl (C=O) groups is 1. The minimum absolute atomic E-state index is 0.0324. The van der Waals surface area contributed by atoms with Gasteiger partial charge in [0, 0.05) is 18.9 Å². The van der Waals surface area contributed by atoms with Crippen LogP contribution >= 0.6 is 0 Å². The Kier molecular flexibility index (Phi) is 10.1. The van der Waals surface area contributed by atoms with Crippen LogP contribution in [0.1, 0.15) is 37.4 Å². The fourth-order valence-corrected chi connectivity index (χ4v) is 6.50. The number of aryl methyl sites for hydroxylation is 2. The molecular weight excluding hydrogens is 553 g/mol. The summed E-state index contributed by atoms with van der Waals surface area (Å²) in [4.78, 5) is 11.4. The van der Waals surface area contributed by atoms with E-state index < -0.39 is 6.15 Å². The van der Waals surface area contributed by atoms with E-state index in [1.165, 1.54) is 28.8 Å². The zero-order chi connectivity index (χ0) is 31.6. The molecule has 0 aliphatic carbocycles. The number of esters is 1. The Hall–Kier alpha value is -5.23. The van der Waals surface area contributed by atoms with Crippen molar-refractivity contribution in [2.75, 3.05) is 0 Å². The second-order valence-corrected chi connectivity index (χ2v) is 11.4. The van der Waals surface area contributed by atoms with Gasteiger partial charge in [-0.2, -0.15) is 21.9 Å². The SMILES string of the molecule is CC(=O)O[C@H](c1ccccc1)[C@H](C)[n+]1cn(C)nc1C.c1ccc([B-](c2ccccc2)(c2ccccc2)c2ccccc2)cc1. The molecule has 0 radical (unpaired) electrons. The summed E-state index contributed by atoms with van der Waals surface area (Å²) in [6.45, 7) is 5.39. The van der Waals surface area contributed by atoms with Crippen molar-refractivity contribution in [3.05, 3.63) is 169 Å². The van der Waals surface area contributed by atoms with Gasteiger partial charge in [-0.25, -0.2) is 4.57 Å². The van der Waals surface area contributed by atoms with Crippen LogP contribution in [-0.2, 0) is 16.6 Å². The standard InChI is InChI=1S/C24H20B.C15H20N3O2/c1-5-13-21(14-6-1)25(22-15-7-2-8-16-22,23-17-9-3-10-18-23)24-19-11-4-12-20-24;1-11(18-10-17(4)16-12(18)2)15(20-13(3)19)14-8-6-5-7-9-14/h1-20H;5-11,15H,1-4H3/q-1;+1/t;11-,15-/m.0/s1. The molecule has 5 nitrogen and oxygen atoms in total. The first-order valence-corrected chi connectivity index (χ1v) is 15.4. The summed E-state index contributed by atoms with van der Waals surface area (Å²) in [6, 6.07) is 53.3. The molecule has 1 heterocycles. The highest BCUT2D eigenvalue weighted by Gasteiger charge is 2.31. The molecular formula is C39H40BN3O2. The van der Waals surface area contributed by atoms with Crippen LogP contribution in [0.15, 0.2) is 158 Å². The number of nitrogens with zero attached hydrogens (tertiary/aromatic N) is 3. The van der Waals surface area contributed by atoms with Gasteiger partial charge in [-0.3, -0.25) is 4.79 Å². The molecule has 226 valence electrons. The van der Waals surface area contributed by atoms with Crippen molar-refractivity contribution in [3.8, 4) is 0 Å². The number of rotatable bonds is 8. The molecule has 2 atom stereocenters. The van der Waals surface area contributed by atoms with Crippen molar-refractivity contribution in [3.63, 3.8) is 0 Å². The fraction of sp³-hybridized carbons (Fsp3) is 0.154. The quantitative estimate of drug-likeness (QED) is 0.143. The molecule has 0 amide bonds. The molecule has 0 N–H and O–H groups in total. The molecule has 6 rings (SSSR count). The van der Waals surface area contributed by atoms with Gasteiger partial charge in [-0.05, 0) is 12.5 Å². The summed E-state index contributed by atoms with van der Waals surface area (Å²) in [5, 5.41) is 4.33. The van der Waals surface area contributed by atoms with Gasteiger partial charge < -0.3 is 4.74 Å². The molecule has 1 aromatic heterocycles. The number of hydrogen-bond donors (Lipinski definition) is 0. The Morgan fingerprint density at radius 2 is 1.02 bits per heavy atom. The topological polar surface area (TPSA) is 48.0 Å². The van der Waals surface area contributed by atoms with Gasteiger partial charge in [0.25, 0.3) is 5.82 Å². The molecule has 6 aromatic rings. The Labute approximate surface area is 266 Å². The Bertz CT molecular complexity index is 1610. The lowest BCUT2D eigenvalue weighted by molar-refractivity contribution is -0.733. The summed E-state index contributed by atoms with van der Waals surface area (Å²) in [7, 11) is 1.87.